The van der Waals surface area contributed by atoms with Gasteiger partial charge in [0.2, 0.25) is 5.91 Å². The van der Waals surface area contributed by atoms with Crippen LogP contribution in [0.15, 0.2) is 46.2 Å². The zero-order chi connectivity index (χ0) is 20.1. The second kappa shape index (κ2) is 9.04. The molecule has 0 saturated carbocycles. The lowest BCUT2D eigenvalue weighted by Gasteiger charge is -2.10. The number of hydrogen-bond acceptors (Lipinski definition) is 7. The monoisotopic (exact) mass is 414 g/mol. The number of benzene rings is 1. The van der Waals surface area contributed by atoms with Gasteiger partial charge in [0.15, 0.2) is 28.2 Å². The van der Waals surface area contributed by atoms with Gasteiger partial charge in [-0.1, -0.05) is 17.8 Å². The number of furan rings is 1. The number of aromatic nitrogens is 3. The molecule has 29 heavy (non-hydrogen) atoms. The third-order valence-electron chi connectivity index (χ3n) is 4.41. The molecule has 0 saturated heterocycles. The normalized spacial score (nSPS) is 13.1. The molecule has 0 fully saturated rings. The van der Waals surface area contributed by atoms with Crippen LogP contribution in [0.5, 0.6) is 11.5 Å². The van der Waals surface area contributed by atoms with Crippen LogP contribution in [0.3, 0.4) is 0 Å². The largest absolute Gasteiger partial charge is 0.490 e. The van der Waals surface area contributed by atoms with E-state index in [2.05, 4.69) is 15.5 Å². The van der Waals surface area contributed by atoms with Crippen molar-refractivity contribution in [2.45, 2.75) is 31.6 Å². The maximum absolute atomic E-state index is 12.3. The Morgan fingerprint density at radius 1 is 1.21 bits per heavy atom. The van der Waals surface area contributed by atoms with Crippen molar-refractivity contribution >= 4 is 17.7 Å². The van der Waals surface area contributed by atoms with Crippen LogP contribution in [0.1, 0.15) is 18.9 Å². The Hall–Kier alpha value is -2.94. The molecule has 1 N–H and O–H groups in total. The van der Waals surface area contributed by atoms with Crippen LogP contribution in [-0.2, 0) is 17.9 Å². The predicted octanol–water partition coefficient (Wildman–Crippen LogP) is 3.13. The topological polar surface area (TPSA) is 91.4 Å². The maximum Gasteiger partial charge on any atom is 0.230 e. The molecule has 9 heteroatoms. The van der Waals surface area contributed by atoms with Crippen molar-refractivity contribution in [3.8, 4) is 23.1 Å². The lowest BCUT2D eigenvalue weighted by Crippen LogP contribution is -2.24. The second-order valence-electron chi connectivity index (χ2n) is 6.42. The van der Waals surface area contributed by atoms with E-state index >= 15 is 0 Å². The van der Waals surface area contributed by atoms with Crippen molar-refractivity contribution in [2.24, 2.45) is 0 Å². The molecule has 3 heterocycles. The summed E-state index contributed by atoms with van der Waals surface area (Å²) in [4.78, 5) is 12.3. The van der Waals surface area contributed by atoms with E-state index in [1.165, 1.54) is 11.8 Å². The Morgan fingerprint density at radius 3 is 2.86 bits per heavy atom. The number of carbonyl (C=O) groups excluding carboxylic acids is 1. The number of carbonyl (C=O) groups is 1. The van der Waals surface area contributed by atoms with E-state index in [0.717, 1.165) is 23.5 Å². The molecule has 1 aromatic carbocycles. The van der Waals surface area contributed by atoms with Gasteiger partial charge < -0.3 is 19.2 Å². The molecule has 4 rings (SSSR count). The Bertz CT molecular complexity index is 971. The van der Waals surface area contributed by atoms with Crippen LogP contribution in [0.25, 0.3) is 11.6 Å². The molecule has 0 radical (unpaired) electrons. The number of fused-ring (bicyclic) bond motifs is 1. The van der Waals surface area contributed by atoms with Gasteiger partial charge in [-0.05, 0) is 36.8 Å². The average Bonchev–Trinajstić information content (AvgIpc) is 3.35. The fraction of sp³-hybridized carbons (Fsp3) is 0.350. The number of nitrogens with zero attached hydrogens (tertiary/aromatic N) is 3. The summed E-state index contributed by atoms with van der Waals surface area (Å²) in [6.07, 6.45) is 2.46. The minimum absolute atomic E-state index is 0.0766. The molecule has 0 spiro atoms. The number of thioether (sulfide) groups is 1. The third kappa shape index (κ3) is 4.56. The van der Waals surface area contributed by atoms with Crippen molar-refractivity contribution < 1.29 is 18.7 Å². The first-order valence-electron chi connectivity index (χ1n) is 9.49. The molecule has 2 aromatic heterocycles. The number of rotatable bonds is 7. The van der Waals surface area contributed by atoms with Crippen molar-refractivity contribution in [1.29, 1.82) is 0 Å². The van der Waals surface area contributed by atoms with E-state index < -0.39 is 0 Å². The highest BCUT2D eigenvalue weighted by Gasteiger charge is 2.16. The maximum atomic E-state index is 12.3. The van der Waals surface area contributed by atoms with Crippen molar-refractivity contribution in [1.82, 2.24) is 20.1 Å². The summed E-state index contributed by atoms with van der Waals surface area (Å²) in [5, 5.41) is 12.0. The molecular weight excluding hydrogens is 392 g/mol. The summed E-state index contributed by atoms with van der Waals surface area (Å²) in [5.41, 5.74) is 0.962. The number of nitrogens with one attached hydrogen (secondary N) is 1. The van der Waals surface area contributed by atoms with Gasteiger partial charge in [-0.15, -0.1) is 10.2 Å². The van der Waals surface area contributed by atoms with Crippen LogP contribution in [-0.4, -0.2) is 39.6 Å². The van der Waals surface area contributed by atoms with Crippen molar-refractivity contribution in [3.05, 3.63) is 42.2 Å². The second-order valence-corrected chi connectivity index (χ2v) is 7.37. The minimum Gasteiger partial charge on any atom is -0.490 e. The van der Waals surface area contributed by atoms with E-state index in [1.807, 2.05) is 41.8 Å². The summed E-state index contributed by atoms with van der Waals surface area (Å²) < 4.78 is 18.7. The number of ether oxygens (including phenoxy) is 2. The van der Waals surface area contributed by atoms with Crippen molar-refractivity contribution in [3.63, 3.8) is 0 Å². The molecule has 1 aliphatic heterocycles. The minimum atomic E-state index is -0.0766. The SMILES string of the molecule is CCn1c(SCC(=O)NCc2ccc3c(c2)OCCCO3)nnc1-c1ccco1. The molecule has 152 valence electrons. The van der Waals surface area contributed by atoms with Crippen LogP contribution >= 0.6 is 11.8 Å². The van der Waals surface area contributed by atoms with E-state index in [-0.39, 0.29) is 11.7 Å². The van der Waals surface area contributed by atoms with Crippen LogP contribution in [0.2, 0.25) is 0 Å². The van der Waals surface area contributed by atoms with Gasteiger partial charge in [-0.25, -0.2) is 0 Å². The lowest BCUT2D eigenvalue weighted by molar-refractivity contribution is -0.118. The highest BCUT2D eigenvalue weighted by atomic mass is 32.2. The van der Waals surface area contributed by atoms with Gasteiger partial charge in [0.1, 0.15) is 0 Å². The smallest absolute Gasteiger partial charge is 0.230 e. The summed E-state index contributed by atoms with van der Waals surface area (Å²) in [7, 11) is 0. The molecule has 0 atom stereocenters. The van der Waals surface area contributed by atoms with E-state index in [4.69, 9.17) is 13.9 Å². The van der Waals surface area contributed by atoms with E-state index in [9.17, 15) is 4.79 Å². The Morgan fingerprint density at radius 2 is 2.07 bits per heavy atom. The highest BCUT2D eigenvalue weighted by Crippen LogP contribution is 2.30. The summed E-state index contributed by atoms with van der Waals surface area (Å²) in [6.45, 7) is 4.41. The fourth-order valence-electron chi connectivity index (χ4n) is 2.97. The standard InChI is InChI=1S/C20H22N4O4S/c1-2-24-19(16-5-3-8-27-16)22-23-20(24)29-13-18(25)21-12-14-6-7-15-17(11-14)28-10-4-9-26-15/h3,5-8,11H,2,4,9-10,12-13H2,1H3,(H,21,25). The number of hydrogen-bond donors (Lipinski definition) is 1. The molecular formula is C20H22N4O4S. The molecule has 0 bridgehead atoms. The van der Waals surface area contributed by atoms with Gasteiger partial charge in [-0.3, -0.25) is 9.36 Å². The Labute approximate surface area is 172 Å². The molecule has 0 aliphatic carbocycles. The first kappa shape index (κ1) is 19.4. The first-order chi connectivity index (χ1) is 14.2. The van der Waals surface area contributed by atoms with Crippen LogP contribution < -0.4 is 14.8 Å². The first-order valence-corrected chi connectivity index (χ1v) is 10.5. The van der Waals surface area contributed by atoms with Crippen molar-refractivity contribution in [2.75, 3.05) is 19.0 Å². The Kier molecular flexibility index (Phi) is 6.04. The lowest BCUT2D eigenvalue weighted by atomic mass is 10.2. The van der Waals surface area contributed by atoms with Gasteiger partial charge >= 0.3 is 0 Å². The zero-order valence-electron chi connectivity index (χ0n) is 16.1. The van der Waals surface area contributed by atoms with Crippen LogP contribution in [0.4, 0.5) is 0 Å². The molecule has 3 aromatic rings. The molecule has 1 amide bonds. The summed E-state index contributed by atoms with van der Waals surface area (Å²) >= 11 is 1.35. The molecule has 1 aliphatic rings. The van der Waals surface area contributed by atoms with E-state index in [0.29, 0.717) is 43.0 Å². The summed E-state index contributed by atoms with van der Waals surface area (Å²) in [5.74, 6) is 2.97. The van der Waals surface area contributed by atoms with Gasteiger partial charge in [0, 0.05) is 19.5 Å². The Balaban J connectivity index is 1.32. The fourth-order valence-corrected chi connectivity index (χ4v) is 3.80. The van der Waals surface area contributed by atoms with E-state index in [1.54, 1.807) is 6.26 Å². The average molecular weight is 414 g/mol. The van der Waals surface area contributed by atoms with Gasteiger partial charge in [0.25, 0.3) is 0 Å². The third-order valence-corrected chi connectivity index (χ3v) is 5.38. The predicted molar refractivity (Wildman–Crippen MR) is 108 cm³/mol. The highest BCUT2D eigenvalue weighted by molar-refractivity contribution is 7.99. The molecule has 8 nitrogen and oxygen atoms in total. The quantitative estimate of drug-likeness (QED) is 0.594. The summed E-state index contributed by atoms with van der Waals surface area (Å²) in [6, 6.07) is 9.38. The molecule has 0 unspecified atom stereocenters. The number of amides is 1. The van der Waals surface area contributed by atoms with Crippen LogP contribution in [0, 0.1) is 0 Å². The zero-order valence-corrected chi connectivity index (χ0v) is 16.9. The van der Waals surface area contributed by atoms with Gasteiger partial charge in [0.05, 0.1) is 25.2 Å². The van der Waals surface area contributed by atoms with Gasteiger partial charge in [-0.2, -0.15) is 0 Å².